The minimum atomic E-state index is -3.74. The molecule has 1 atom stereocenters. The molecule has 23 heavy (non-hydrogen) atoms. The zero-order valence-corrected chi connectivity index (χ0v) is 14.8. The van der Waals surface area contributed by atoms with E-state index < -0.39 is 16.1 Å². The summed E-state index contributed by atoms with van der Waals surface area (Å²) in [5, 5.41) is 8.27. The van der Waals surface area contributed by atoms with Crippen LogP contribution in [0.25, 0.3) is 0 Å². The Bertz CT molecular complexity index is 833. The second-order valence-corrected chi connectivity index (χ2v) is 8.08. The molecule has 1 aromatic carbocycles. The summed E-state index contributed by atoms with van der Waals surface area (Å²) in [5.74, 6) is 0.0258. The number of sulfonamides is 1. The van der Waals surface area contributed by atoms with Gasteiger partial charge in [0.1, 0.15) is 9.96 Å². The Labute approximate surface area is 143 Å². The molecule has 0 saturated carbocycles. The number of amides is 1. The van der Waals surface area contributed by atoms with Gasteiger partial charge in [0.15, 0.2) is 0 Å². The maximum absolute atomic E-state index is 12.4. The van der Waals surface area contributed by atoms with Crippen molar-refractivity contribution < 1.29 is 17.9 Å². The van der Waals surface area contributed by atoms with Gasteiger partial charge in [0.25, 0.3) is 5.91 Å². The van der Waals surface area contributed by atoms with E-state index >= 15 is 0 Å². The van der Waals surface area contributed by atoms with Crippen molar-refractivity contribution in [2.45, 2.75) is 17.2 Å². The van der Waals surface area contributed by atoms with Crippen molar-refractivity contribution in [3.63, 3.8) is 0 Å². The third-order valence-corrected chi connectivity index (χ3v) is 6.00. The van der Waals surface area contributed by atoms with Crippen molar-refractivity contribution in [3.8, 4) is 5.75 Å². The number of ether oxygens (including phenoxy) is 1. The van der Waals surface area contributed by atoms with Crippen LogP contribution in [0, 0.1) is 0 Å². The number of carbonyl (C=O) groups is 1. The molecule has 6 nitrogen and oxygen atoms in total. The number of methoxy groups -OCH3 is 1. The number of primary sulfonamides is 1. The van der Waals surface area contributed by atoms with Gasteiger partial charge in [-0.05, 0) is 37.3 Å². The molecule has 124 valence electrons. The zero-order valence-electron chi connectivity index (χ0n) is 12.4. The highest BCUT2D eigenvalue weighted by molar-refractivity contribution is 7.91. The summed E-state index contributed by atoms with van der Waals surface area (Å²) in [6.45, 7) is 1.74. The molecule has 2 aromatic rings. The lowest BCUT2D eigenvalue weighted by Crippen LogP contribution is -2.26. The molecule has 9 heteroatoms. The fraction of sp³-hybridized carbons (Fsp3) is 0.214. The number of halogens is 1. The average molecular weight is 375 g/mol. The molecule has 1 heterocycles. The minimum Gasteiger partial charge on any atom is -0.496 e. The standard InChI is InChI=1S/C14H15ClN2O4S2/c1-8(12-5-6-13(22-12)23(16,19)20)17-14(18)10-7-9(15)3-4-11(10)21-2/h3-8H,1-2H3,(H,17,18)(H2,16,19,20). The van der Waals surface area contributed by atoms with E-state index in [0.29, 0.717) is 21.2 Å². The Morgan fingerprint density at radius 3 is 2.61 bits per heavy atom. The van der Waals surface area contributed by atoms with Gasteiger partial charge in [-0.2, -0.15) is 0 Å². The first-order valence-corrected chi connectivity index (χ1v) is 9.23. The molecule has 1 aromatic heterocycles. The van der Waals surface area contributed by atoms with Crippen LogP contribution < -0.4 is 15.2 Å². The summed E-state index contributed by atoms with van der Waals surface area (Å²) >= 11 is 6.92. The van der Waals surface area contributed by atoms with Crippen LogP contribution in [0.1, 0.15) is 28.2 Å². The van der Waals surface area contributed by atoms with Crippen LogP contribution in [0.3, 0.4) is 0 Å². The van der Waals surface area contributed by atoms with Gasteiger partial charge in [0, 0.05) is 9.90 Å². The molecule has 2 rings (SSSR count). The van der Waals surface area contributed by atoms with Crippen LogP contribution in [0.2, 0.25) is 5.02 Å². The van der Waals surface area contributed by atoms with Gasteiger partial charge in [0.2, 0.25) is 10.0 Å². The summed E-state index contributed by atoms with van der Waals surface area (Å²) in [4.78, 5) is 13.0. The molecule has 1 unspecified atom stereocenters. The van der Waals surface area contributed by atoms with Gasteiger partial charge in [-0.15, -0.1) is 11.3 Å². The molecular weight excluding hydrogens is 360 g/mol. The number of thiophene rings is 1. The second-order valence-electron chi connectivity index (χ2n) is 4.74. The molecule has 0 saturated heterocycles. The number of rotatable bonds is 5. The Kier molecular flexibility index (Phi) is 5.30. The highest BCUT2D eigenvalue weighted by Gasteiger charge is 2.19. The SMILES string of the molecule is COc1ccc(Cl)cc1C(=O)NC(C)c1ccc(S(N)(=O)=O)s1. The quantitative estimate of drug-likeness (QED) is 0.840. The predicted octanol–water partition coefficient (Wildman–Crippen LogP) is 2.55. The molecular formula is C14H15ClN2O4S2. The lowest BCUT2D eigenvalue weighted by atomic mass is 10.1. The Balaban J connectivity index is 2.20. The Morgan fingerprint density at radius 1 is 1.35 bits per heavy atom. The van der Waals surface area contributed by atoms with Crippen molar-refractivity contribution in [2.24, 2.45) is 5.14 Å². The van der Waals surface area contributed by atoms with Gasteiger partial charge in [-0.3, -0.25) is 4.79 Å². The summed E-state index contributed by atoms with van der Waals surface area (Å²) in [6.07, 6.45) is 0. The summed E-state index contributed by atoms with van der Waals surface area (Å²) in [6, 6.07) is 7.37. The Morgan fingerprint density at radius 2 is 2.04 bits per heavy atom. The van der Waals surface area contributed by atoms with Crippen molar-refractivity contribution in [2.75, 3.05) is 7.11 Å². The molecule has 0 bridgehead atoms. The van der Waals surface area contributed by atoms with Crippen molar-refractivity contribution >= 4 is 38.9 Å². The second kappa shape index (κ2) is 6.88. The average Bonchev–Trinajstić information content (AvgIpc) is 2.97. The van der Waals surface area contributed by atoms with Crippen molar-refractivity contribution in [1.29, 1.82) is 0 Å². The minimum absolute atomic E-state index is 0.0499. The van der Waals surface area contributed by atoms with E-state index in [1.54, 1.807) is 25.1 Å². The van der Waals surface area contributed by atoms with E-state index in [0.717, 1.165) is 11.3 Å². The van der Waals surface area contributed by atoms with Crippen LogP contribution >= 0.6 is 22.9 Å². The van der Waals surface area contributed by atoms with Gasteiger partial charge in [0.05, 0.1) is 18.7 Å². The summed E-state index contributed by atoms with van der Waals surface area (Å²) in [7, 11) is -2.28. The zero-order chi connectivity index (χ0) is 17.2. The van der Waals surface area contributed by atoms with Crippen LogP contribution in [-0.4, -0.2) is 21.4 Å². The fourth-order valence-corrected chi connectivity index (χ4v) is 3.85. The maximum Gasteiger partial charge on any atom is 0.255 e. The van der Waals surface area contributed by atoms with Gasteiger partial charge in [-0.25, -0.2) is 13.6 Å². The van der Waals surface area contributed by atoms with E-state index in [9.17, 15) is 13.2 Å². The predicted molar refractivity (Wildman–Crippen MR) is 89.6 cm³/mol. The van der Waals surface area contributed by atoms with Crippen LogP contribution in [0.5, 0.6) is 5.75 Å². The van der Waals surface area contributed by atoms with E-state index in [4.69, 9.17) is 21.5 Å². The summed E-state index contributed by atoms with van der Waals surface area (Å²) in [5.41, 5.74) is 0.301. The highest BCUT2D eigenvalue weighted by Crippen LogP contribution is 2.27. The van der Waals surface area contributed by atoms with Gasteiger partial charge < -0.3 is 10.1 Å². The van der Waals surface area contributed by atoms with Crippen LogP contribution in [0.4, 0.5) is 0 Å². The first-order chi connectivity index (χ1) is 10.7. The van der Waals surface area contributed by atoms with E-state index in [1.807, 2.05) is 0 Å². The number of nitrogens with two attached hydrogens (primary N) is 1. The number of benzene rings is 1. The third-order valence-electron chi connectivity index (χ3n) is 3.06. The van der Waals surface area contributed by atoms with E-state index in [-0.39, 0.29) is 10.1 Å². The molecule has 0 aliphatic rings. The number of hydrogen-bond acceptors (Lipinski definition) is 5. The van der Waals surface area contributed by atoms with Crippen molar-refractivity contribution in [1.82, 2.24) is 5.32 Å². The molecule has 0 aliphatic carbocycles. The molecule has 0 fully saturated rings. The molecule has 0 spiro atoms. The van der Waals surface area contributed by atoms with Crippen LogP contribution in [0.15, 0.2) is 34.5 Å². The first-order valence-electron chi connectivity index (χ1n) is 6.49. The number of nitrogens with one attached hydrogen (secondary N) is 1. The molecule has 1 amide bonds. The normalized spacial score (nSPS) is 12.7. The Hall–Kier alpha value is -1.61. The largest absolute Gasteiger partial charge is 0.496 e. The van der Waals surface area contributed by atoms with Gasteiger partial charge in [-0.1, -0.05) is 11.6 Å². The smallest absolute Gasteiger partial charge is 0.255 e. The van der Waals surface area contributed by atoms with Crippen LogP contribution in [-0.2, 0) is 10.0 Å². The molecule has 0 aliphatic heterocycles. The lowest BCUT2D eigenvalue weighted by Gasteiger charge is -2.14. The van der Waals surface area contributed by atoms with E-state index in [1.165, 1.54) is 19.2 Å². The molecule has 0 radical (unpaired) electrons. The molecule has 3 N–H and O–H groups in total. The fourth-order valence-electron chi connectivity index (χ4n) is 1.92. The number of carbonyl (C=O) groups excluding carboxylic acids is 1. The monoisotopic (exact) mass is 374 g/mol. The third kappa shape index (κ3) is 4.23. The maximum atomic E-state index is 12.4. The number of hydrogen-bond donors (Lipinski definition) is 2. The first kappa shape index (κ1) is 17.7. The van der Waals surface area contributed by atoms with Gasteiger partial charge >= 0.3 is 0 Å². The lowest BCUT2D eigenvalue weighted by molar-refractivity contribution is 0.0937. The van der Waals surface area contributed by atoms with E-state index in [2.05, 4.69) is 5.32 Å². The summed E-state index contributed by atoms with van der Waals surface area (Å²) < 4.78 is 27.8. The van der Waals surface area contributed by atoms with Crippen molar-refractivity contribution in [3.05, 3.63) is 45.8 Å². The highest BCUT2D eigenvalue weighted by atomic mass is 35.5. The topological polar surface area (TPSA) is 98.5 Å².